The molecular weight excluding hydrogens is 384 g/mol. The van der Waals surface area contributed by atoms with Gasteiger partial charge in [-0.05, 0) is 20.9 Å². The fraction of sp³-hybridized carbons (Fsp3) is 0.842. The Bertz CT molecular complexity index is 448. The van der Waals surface area contributed by atoms with Crippen molar-refractivity contribution < 1.29 is 21.9 Å². The Kier molecular flexibility index (Phi) is 17.4. The average molecular weight is 425 g/mol. The van der Waals surface area contributed by atoms with E-state index in [4.69, 9.17) is 14.2 Å². The number of carbonyl (C=O) groups excluding carboxylic acids is 1. The van der Waals surface area contributed by atoms with Gasteiger partial charge in [-0.25, -0.2) is 0 Å². The third kappa shape index (κ3) is 20.1. The average Bonchev–Trinajstić information content (AvgIpc) is 2.61. The standard InChI is InChI=1S/C19H36N2O4S2.2H2/c1-17(2)7-6-9-21-18(22)8-11-23-12-13-24-14-15-25-19(3,4)27-26-16-10-20-5;;/h17,20H,8-16H2,1-5H3,(H,21,22);2*1H. The van der Waals surface area contributed by atoms with Crippen LogP contribution in [-0.4, -0.2) is 69.8 Å². The van der Waals surface area contributed by atoms with Gasteiger partial charge in [0.25, 0.3) is 0 Å². The Morgan fingerprint density at radius 2 is 1.81 bits per heavy atom. The molecule has 0 saturated carbocycles. The van der Waals surface area contributed by atoms with Crippen molar-refractivity contribution >= 4 is 27.5 Å². The zero-order valence-corrected chi connectivity index (χ0v) is 19.0. The summed E-state index contributed by atoms with van der Waals surface area (Å²) in [5.74, 6) is 7.23. The van der Waals surface area contributed by atoms with Crippen LogP contribution in [0.15, 0.2) is 0 Å². The van der Waals surface area contributed by atoms with Gasteiger partial charge in [-0.3, -0.25) is 4.79 Å². The van der Waals surface area contributed by atoms with Gasteiger partial charge in [-0.2, -0.15) is 0 Å². The van der Waals surface area contributed by atoms with E-state index in [1.165, 1.54) is 0 Å². The molecule has 0 rings (SSSR count). The number of carbonyl (C=O) groups is 1. The van der Waals surface area contributed by atoms with E-state index in [1.807, 2.05) is 20.9 Å². The summed E-state index contributed by atoms with van der Waals surface area (Å²) in [4.78, 5) is 11.3. The molecule has 27 heavy (non-hydrogen) atoms. The molecule has 8 heteroatoms. The minimum Gasteiger partial charge on any atom is -0.379 e. The molecule has 0 aromatic rings. The number of rotatable bonds is 16. The molecule has 0 atom stereocenters. The van der Waals surface area contributed by atoms with Gasteiger partial charge in [0.05, 0.1) is 39.6 Å². The van der Waals surface area contributed by atoms with Gasteiger partial charge in [-0.1, -0.05) is 47.3 Å². The molecule has 0 aliphatic rings. The van der Waals surface area contributed by atoms with Crippen molar-refractivity contribution in [2.75, 3.05) is 58.9 Å². The molecule has 2 N–H and O–H groups in total. The van der Waals surface area contributed by atoms with Gasteiger partial charge < -0.3 is 24.8 Å². The van der Waals surface area contributed by atoms with Crippen molar-refractivity contribution in [2.45, 2.75) is 39.0 Å². The first kappa shape index (κ1) is 26.6. The molecule has 0 heterocycles. The summed E-state index contributed by atoms with van der Waals surface area (Å²) >= 11 is 0. The summed E-state index contributed by atoms with van der Waals surface area (Å²) in [5, 5.41) is 5.87. The van der Waals surface area contributed by atoms with Crippen molar-refractivity contribution in [2.24, 2.45) is 5.92 Å². The van der Waals surface area contributed by atoms with E-state index in [9.17, 15) is 4.79 Å². The number of nitrogens with one attached hydrogen (secondary N) is 2. The SMILES string of the molecule is CNCCSSC(C)(C)OCCOCCOCCC(=O)NCC#CC(C)C.[HH].[HH]. The summed E-state index contributed by atoms with van der Waals surface area (Å²) in [6, 6.07) is 0. The molecule has 1 amide bonds. The van der Waals surface area contributed by atoms with Gasteiger partial charge >= 0.3 is 0 Å². The van der Waals surface area contributed by atoms with Crippen LogP contribution in [0.4, 0.5) is 0 Å². The van der Waals surface area contributed by atoms with E-state index in [0.29, 0.717) is 51.9 Å². The van der Waals surface area contributed by atoms with Gasteiger partial charge in [0.15, 0.2) is 0 Å². The highest BCUT2D eigenvalue weighted by atomic mass is 33.1. The van der Waals surface area contributed by atoms with E-state index in [1.54, 1.807) is 21.6 Å². The highest BCUT2D eigenvalue weighted by Crippen LogP contribution is 2.35. The first-order valence-electron chi connectivity index (χ1n) is 9.37. The van der Waals surface area contributed by atoms with Crippen molar-refractivity contribution in [1.29, 1.82) is 0 Å². The fourth-order valence-corrected chi connectivity index (χ4v) is 3.95. The minimum atomic E-state index is -0.231. The van der Waals surface area contributed by atoms with Crippen molar-refractivity contribution in [3.05, 3.63) is 0 Å². The van der Waals surface area contributed by atoms with Crippen LogP contribution in [0.5, 0.6) is 0 Å². The first-order chi connectivity index (χ1) is 12.9. The fourth-order valence-electron chi connectivity index (χ4n) is 1.67. The molecule has 162 valence electrons. The molecule has 0 radical (unpaired) electrons. The molecule has 0 fully saturated rings. The molecule has 6 nitrogen and oxygen atoms in total. The molecule has 0 saturated heterocycles. The Morgan fingerprint density at radius 3 is 2.48 bits per heavy atom. The second-order valence-electron chi connectivity index (χ2n) is 6.48. The molecule has 0 unspecified atom stereocenters. The third-order valence-electron chi connectivity index (χ3n) is 2.98. The highest BCUT2D eigenvalue weighted by molar-refractivity contribution is 8.77. The summed E-state index contributed by atoms with van der Waals surface area (Å²) in [7, 11) is 5.48. The molecular formula is C19H40N2O4S2. The summed E-state index contributed by atoms with van der Waals surface area (Å²) < 4.78 is 16.7. The van der Waals surface area contributed by atoms with Gasteiger partial charge in [0, 0.05) is 27.5 Å². The number of amides is 1. The second kappa shape index (κ2) is 17.7. The lowest BCUT2D eigenvalue weighted by molar-refractivity contribution is -0.122. The largest absolute Gasteiger partial charge is 0.379 e. The molecule has 0 aliphatic heterocycles. The van der Waals surface area contributed by atoms with Crippen LogP contribution in [0.25, 0.3) is 0 Å². The van der Waals surface area contributed by atoms with Gasteiger partial charge in [-0.15, -0.1) is 0 Å². The number of hydrogen-bond acceptors (Lipinski definition) is 7. The Labute approximate surface area is 176 Å². The molecule has 0 aromatic carbocycles. The van der Waals surface area contributed by atoms with E-state index in [-0.39, 0.29) is 13.7 Å². The van der Waals surface area contributed by atoms with Crippen LogP contribution in [0, 0.1) is 17.8 Å². The minimum absolute atomic E-state index is 0. The molecule has 0 spiro atoms. The van der Waals surface area contributed by atoms with E-state index >= 15 is 0 Å². The van der Waals surface area contributed by atoms with Crippen LogP contribution in [0.3, 0.4) is 0 Å². The molecule has 0 aliphatic carbocycles. The smallest absolute Gasteiger partial charge is 0.223 e. The van der Waals surface area contributed by atoms with Crippen LogP contribution >= 0.6 is 21.6 Å². The normalized spacial score (nSPS) is 11.3. The molecule has 0 aromatic heterocycles. The first-order valence-corrected chi connectivity index (χ1v) is 11.7. The lowest BCUT2D eigenvalue weighted by Crippen LogP contribution is -2.25. The number of hydrogen-bond donors (Lipinski definition) is 2. The van der Waals surface area contributed by atoms with Crippen molar-refractivity contribution in [1.82, 2.24) is 10.6 Å². The number of ether oxygens (including phenoxy) is 3. The van der Waals surface area contributed by atoms with Crippen LogP contribution in [0.1, 0.15) is 37.0 Å². The van der Waals surface area contributed by atoms with Gasteiger partial charge in [0.2, 0.25) is 5.91 Å². The summed E-state index contributed by atoms with van der Waals surface area (Å²) in [5.41, 5.74) is 0. The Hall–Kier alpha value is -0.430. The lowest BCUT2D eigenvalue weighted by atomic mass is 10.2. The van der Waals surface area contributed by atoms with Crippen LogP contribution < -0.4 is 10.6 Å². The highest BCUT2D eigenvalue weighted by Gasteiger charge is 2.19. The van der Waals surface area contributed by atoms with E-state index in [2.05, 4.69) is 36.3 Å². The maximum atomic E-state index is 11.6. The predicted molar refractivity (Wildman–Crippen MR) is 120 cm³/mol. The maximum Gasteiger partial charge on any atom is 0.223 e. The monoisotopic (exact) mass is 424 g/mol. The summed E-state index contributed by atoms with van der Waals surface area (Å²) in [6.07, 6.45) is 0.336. The Balaban J connectivity index is -0.00000338. The van der Waals surface area contributed by atoms with Crippen LogP contribution in [-0.2, 0) is 19.0 Å². The molecule has 0 bridgehead atoms. The Morgan fingerprint density at radius 1 is 1.15 bits per heavy atom. The van der Waals surface area contributed by atoms with Gasteiger partial charge in [0.1, 0.15) is 4.93 Å². The topological polar surface area (TPSA) is 68.8 Å². The summed E-state index contributed by atoms with van der Waals surface area (Å²) in [6.45, 7) is 12.0. The van der Waals surface area contributed by atoms with Crippen molar-refractivity contribution in [3.8, 4) is 11.8 Å². The van der Waals surface area contributed by atoms with E-state index < -0.39 is 0 Å². The zero-order chi connectivity index (χ0) is 20.4. The quantitative estimate of drug-likeness (QED) is 0.171. The second-order valence-corrected chi connectivity index (χ2v) is 9.49. The third-order valence-corrected chi connectivity index (χ3v) is 6.05. The maximum absolute atomic E-state index is 11.6. The predicted octanol–water partition coefficient (Wildman–Crippen LogP) is 3.03. The van der Waals surface area contributed by atoms with Crippen molar-refractivity contribution in [3.63, 3.8) is 0 Å². The van der Waals surface area contributed by atoms with E-state index in [0.717, 1.165) is 12.3 Å². The lowest BCUT2D eigenvalue weighted by Gasteiger charge is -2.23. The van der Waals surface area contributed by atoms with Crippen LogP contribution in [0.2, 0.25) is 0 Å². The zero-order valence-electron chi connectivity index (χ0n) is 17.4.